The van der Waals surface area contributed by atoms with Gasteiger partial charge >= 0.3 is 0 Å². The van der Waals surface area contributed by atoms with Crippen molar-refractivity contribution in [3.05, 3.63) is 82.8 Å². The topological polar surface area (TPSA) is 48.5 Å². The Bertz CT molecular complexity index is 1240. The standard InChI is InChI=1S/C25H29N3O2Si/c1-19-17-22(29)28-25(26-19)23(20-11-7-5-8-12-20)24(21-13-9-6-10-14-21)27(28)18-30-15-16-31(2,3)4/h5-14,17H,15-16,18H2,1-4H3. The molecule has 5 nitrogen and oxygen atoms in total. The van der Waals surface area contributed by atoms with Crippen LogP contribution in [0.1, 0.15) is 5.69 Å². The molecule has 0 aliphatic rings. The minimum absolute atomic E-state index is 0.101. The minimum atomic E-state index is -1.21. The number of ether oxygens (including phenoxy) is 1. The number of fused-ring (bicyclic) bond motifs is 1. The van der Waals surface area contributed by atoms with E-state index in [1.807, 2.05) is 48.0 Å². The fourth-order valence-electron chi connectivity index (χ4n) is 3.73. The van der Waals surface area contributed by atoms with E-state index in [0.29, 0.717) is 24.7 Å². The highest BCUT2D eigenvalue weighted by atomic mass is 28.3. The lowest BCUT2D eigenvalue weighted by atomic mass is 10.0. The zero-order valence-corrected chi connectivity index (χ0v) is 19.6. The fraction of sp³-hybridized carbons (Fsp3) is 0.280. The van der Waals surface area contributed by atoms with Crippen molar-refractivity contribution in [3.63, 3.8) is 0 Å². The van der Waals surface area contributed by atoms with Crippen molar-refractivity contribution in [1.29, 1.82) is 0 Å². The Hall–Kier alpha value is -2.96. The van der Waals surface area contributed by atoms with Gasteiger partial charge in [0.15, 0.2) is 5.65 Å². The summed E-state index contributed by atoms with van der Waals surface area (Å²) in [5, 5.41) is 0. The molecule has 0 atom stereocenters. The van der Waals surface area contributed by atoms with E-state index in [4.69, 9.17) is 9.72 Å². The third kappa shape index (κ3) is 4.55. The van der Waals surface area contributed by atoms with Gasteiger partial charge in [-0.15, -0.1) is 0 Å². The Morgan fingerprint density at radius 1 is 0.935 bits per heavy atom. The second kappa shape index (κ2) is 8.65. The molecule has 4 rings (SSSR count). The van der Waals surface area contributed by atoms with E-state index < -0.39 is 8.07 Å². The smallest absolute Gasteiger partial charge is 0.273 e. The lowest BCUT2D eigenvalue weighted by Gasteiger charge is -2.17. The van der Waals surface area contributed by atoms with Gasteiger partial charge in [0.2, 0.25) is 0 Å². The van der Waals surface area contributed by atoms with E-state index in [1.165, 1.54) is 0 Å². The molecule has 0 amide bonds. The Balaban J connectivity index is 1.95. The van der Waals surface area contributed by atoms with Crippen molar-refractivity contribution in [2.24, 2.45) is 0 Å². The van der Waals surface area contributed by atoms with Crippen LogP contribution >= 0.6 is 0 Å². The van der Waals surface area contributed by atoms with Crippen molar-refractivity contribution in [2.45, 2.75) is 39.3 Å². The number of hydrogen-bond acceptors (Lipinski definition) is 3. The monoisotopic (exact) mass is 431 g/mol. The van der Waals surface area contributed by atoms with Gasteiger partial charge in [-0.25, -0.2) is 9.67 Å². The van der Waals surface area contributed by atoms with Crippen LogP contribution in [0.15, 0.2) is 71.5 Å². The van der Waals surface area contributed by atoms with Crippen LogP contribution in [0.25, 0.3) is 28.0 Å². The lowest BCUT2D eigenvalue weighted by Crippen LogP contribution is -2.25. The Morgan fingerprint density at radius 3 is 2.16 bits per heavy atom. The highest BCUT2D eigenvalue weighted by molar-refractivity contribution is 6.76. The summed E-state index contributed by atoms with van der Waals surface area (Å²) in [5.41, 5.74) is 5.20. The molecule has 0 saturated heterocycles. The molecule has 160 valence electrons. The van der Waals surface area contributed by atoms with Gasteiger partial charge in [0.1, 0.15) is 6.73 Å². The molecule has 2 aromatic heterocycles. The summed E-state index contributed by atoms with van der Waals surface area (Å²) in [7, 11) is -1.21. The predicted molar refractivity (Wildman–Crippen MR) is 129 cm³/mol. The van der Waals surface area contributed by atoms with Crippen LogP contribution in [0.2, 0.25) is 25.7 Å². The first kappa shape index (κ1) is 21.3. The van der Waals surface area contributed by atoms with Gasteiger partial charge in [-0.2, -0.15) is 4.52 Å². The van der Waals surface area contributed by atoms with Crippen molar-refractivity contribution in [1.82, 2.24) is 14.2 Å². The lowest BCUT2D eigenvalue weighted by molar-refractivity contribution is 0.0764. The van der Waals surface area contributed by atoms with Gasteiger partial charge in [-0.05, 0) is 18.5 Å². The quantitative estimate of drug-likeness (QED) is 0.289. The van der Waals surface area contributed by atoms with Crippen molar-refractivity contribution in [2.75, 3.05) is 6.61 Å². The summed E-state index contributed by atoms with van der Waals surface area (Å²) in [6, 6.07) is 23.0. The number of benzene rings is 2. The van der Waals surface area contributed by atoms with Crippen LogP contribution in [-0.4, -0.2) is 28.9 Å². The molecule has 0 radical (unpaired) electrons. The van der Waals surface area contributed by atoms with E-state index in [0.717, 1.165) is 28.4 Å². The number of hydrogen-bond donors (Lipinski definition) is 0. The Labute approximate surface area is 183 Å². The maximum Gasteiger partial charge on any atom is 0.273 e. The molecule has 2 aromatic carbocycles. The third-order valence-electron chi connectivity index (χ3n) is 5.30. The molecule has 0 aliphatic carbocycles. The highest BCUT2D eigenvalue weighted by Crippen LogP contribution is 2.36. The largest absolute Gasteiger partial charge is 0.360 e. The van der Waals surface area contributed by atoms with Crippen LogP contribution in [0, 0.1) is 6.92 Å². The molecule has 0 spiro atoms. The first-order chi connectivity index (χ1) is 14.8. The van der Waals surface area contributed by atoms with E-state index in [9.17, 15) is 4.79 Å². The van der Waals surface area contributed by atoms with Gasteiger partial charge in [-0.1, -0.05) is 80.3 Å². The van der Waals surface area contributed by atoms with Crippen LogP contribution in [0.4, 0.5) is 0 Å². The second-order valence-corrected chi connectivity index (χ2v) is 14.7. The van der Waals surface area contributed by atoms with Crippen LogP contribution in [0.3, 0.4) is 0 Å². The predicted octanol–water partition coefficient (Wildman–Crippen LogP) is 5.45. The first-order valence-electron chi connectivity index (χ1n) is 10.7. The van der Waals surface area contributed by atoms with Crippen molar-refractivity contribution in [3.8, 4) is 22.4 Å². The average Bonchev–Trinajstić information content (AvgIpc) is 3.06. The number of aryl methyl sites for hydroxylation is 1. The SMILES string of the molecule is Cc1cc(=O)n2c(n1)c(-c1ccccc1)c(-c1ccccc1)n2COCC[Si](C)(C)C. The van der Waals surface area contributed by atoms with Crippen molar-refractivity contribution < 1.29 is 4.74 Å². The van der Waals surface area contributed by atoms with E-state index >= 15 is 0 Å². The summed E-state index contributed by atoms with van der Waals surface area (Å²) < 4.78 is 9.71. The van der Waals surface area contributed by atoms with Gasteiger partial charge in [0.05, 0.1) is 11.3 Å². The molecule has 0 bridgehead atoms. The van der Waals surface area contributed by atoms with Crippen LogP contribution in [0.5, 0.6) is 0 Å². The fourth-order valence-corrected chi connectivity index (χ4v) is 4.49. The summed E-state index contributed by atoms with van der Waals surface area (Å²) in [4.78, 5) is 17.9. The molecule has 0 saturated carbocycles. The Kier molecular flexibility index (Phi) is 5.94. The summed E-state index contributed by atoms with van der Waals surface area (Å²) in [6.07, 6.45) is 0. The Morgan fingerprint density at radius 2 is 1.55 bits per heavy atom. The first-order valence-corrected chi connectivity index (χ1v) is 14.4. The zero-order valence-electron chi connectivity index (χ0n) is 18.6. The molecule has 0 N–H and O–H groups in total. The molecule has 31 heavy (non-hydrogen) atoms. The highest BCUT2D eigenvalue weighted by Gasteiger charge is 2.23. The van der Waals surface area contributed by atoms with E-state index in [-0.39, 0.29) is 5.56 Å². The maximum absolute atomic E-state index is 13.1. The molecule has 0 unspecified atom stereocenters. The molecule has 2 heterocycles. The molecular weight excluding hydrogens is 402 g/mol. The second-order valence-electron chi connectivity index (χ2n) is 9.07. The average molecular weight is 432 g/mol. The van der Waals surface area contributed by atoms with Crippen LogP contribution in [-0.2, 0) is 11.5 Å². The van der Waals surface area contributed by atoms with E-state index in [2.05, 4.69) is 43.9 Å². The van der Waals surface area contributed by atoms with Gasteiger partial charge in [0, 0.05) is 32.0 Å². The van der Waals surface area contributed by atoms with Gasteiger partial charge < -0.3 is 4.74 Å². The van der Waals surface area contributed by atoms with Crippen LogP contribution < -0.4 is 5.56 Å². The summed E-state index contributed by atoms with van der Waals surface area (Å²) in [5.74, 6) is 0. The number of nitrogens with zero attached hydrogens (tertiary/aromatic N) is 3. The number of aromatic nitrogens is 3. The summed E-state index contributed by atoms with van der Waals surface area (Å²) >= 11 is 0. The number of rotatable bonds is 7. The normalized spacial score (nSPS) is 11.9. The van der Waals surface area contributed by atoms with Gasteiger partial charge in [-0.3, -0.25) is 4.79 Å². The molecule has 4 aromatic rings. The summed E-state index contributed by atoms with van der Waals surface area (Å²) in [6.45, 7) is 9.84. The zero-order chi connectivity index (χ0) is 22.0. The molecule has 0 aliphatic heterocycles. The van der Waals surface area contributed by atoms with Gasteiger partial charge in [0.25, 0.3) is 5.56 Å². The molecular formula is C25H29N3O2Si. The molecule has 0 fully saturated rings. The maximum atomic E-state index is 13.1. The molecule has 6 heteroatoms. The van der Waals surface area contributed by atoms with E-state index in [1.54, 1.807) is 10.6 Å². The van der Waals surface area contributed by atoms with Crippen molar-refractivity contribution >= 4 is 13.7 Å². The third-order valence-corrected chi connectivity index (χ3v) is 7.01. The minimum Gasteiger partial charge on any atom is -0.360 e.